The van der Waals surface area contributed by atoms with Crippen molar-refractivity contribution in [3.05, 3.63) is 94.3 Å². The normalized spacial score (nSPS) is 11.0. The molecule has 1 N–H and O–H groups in total. The van der Waals surface area contributed by atoms with Crippen LogP contribution in [0, 0.1) is 13.8 Å². The topological polar surface area (TPSA) is 56.1 Å². The van der Waals surface area contributed by atoms with E-state index in [0.717, 1.165) is 42.0 Å². The lowest BCUT2D eigenvalue weighted by Gasteiger charge is -2.13. The van der Waals surface area contributed by atoms with Crippen molar-refractivity contribution in [3.63, 3.8) is 0 Å². The van der Waals surface area contributed by atoms with E-state index in [1.54, 1.807) is 12.1 Å². The van der Waals surface area contributed by atoms with Gasteiger partial charge in [-0.15, -0.1) is 0 Å². The van der Waals surface area contributed by atoms with E-state index in [2.05, 4.69) is 48.0 Å². The number of carbonyl (C=O) groups is 1. The molecule has 0 spiro atoms. The monoisotopic (exact) mass is 475 g/mol. The highest BCUT2D eigenvalue weighted by atomic mass is 35.5. The number of nitrogens with zero attached hydrogens (tertiary/aromatic N) is 2. The summed E-state index contributed by atoms with van der Waals surface area (Å²) < 4.78 is 8.32. The molecule has 4 rings (SSSR count). The highest BCUT2D eigenvalue weighted by Crippen LogP contribution is 2.23. The minimum absolute atomic E-state index is 0.170. The third-order valence-electron chi connectivity index (χ3n) is 5.92. The van der Waals surface area contributed by atoms with Crippen molar-refractivity contribution in [2.75, 3.05) is 13.2 Å². The molecule has 34 heavy (non-hydrogen) atoms. The van der Waals surface area contributed by atoms with E-state index in [9.17, 15) is 4.79 Å². The zero-order chi connectivity index (χ0) is 23.9. The van der Waals surface area contributed by atoms with Crippen molar-refractivity contribution in [3.8, 4) is 5.75 Å². The number of halogens is 1. The van der Waals surface area contributed by atoms with Gasteiger partial charge in [-0.3, -0.25) is 4.79 Å². The summed E-state index contributed by atoms with van der Waals surface area (Å²) >= 11 is 6.15. The number of para-hydroxylation sites is 3. The molecule has 0 fully saturated rings. The maximum absolute atomic E-state index is 12.5. The van der Waals surface area contributed by atoms with Crippen molar-refractivity contribution < 1.29 is 9.53 Å². The molecule has 0 bridgehead atoms. The quantitative estimate of drug-likeness (QED) is 0.280. The molecule has 0 radical (unpaired) electrons. The number of hydrogen-bond donors (Lipinski definition) is 1. The highest BCUT2D eigenvalue weighted by Gasteiger charge is 2.13. The van der Waals surface area contributed by atoms with Crippen molar-refractivity contribution in [2.24, 2.45) is 0 Å². The maximum Gasteiger partial charge on any atom is 0.252 e. The molecule has 1 heterocycles. The molecule has 176 valence electrons. The molecule has 3 aromatic carbocycles. The minimum Gasteiger partial charge on any atom is -0.493 e. The SMILES string of the molecule is Cc1cccc(C)c1OCCCCn1c(CCNC(=O)c2ccccc2Cl)nc2ccccc21. The number of hydrogen-bond acceptors (Lipinski definition) is 3. The van der Waals surface area contributed by atoms with Gasteiger partial charge in [-0.05, 0) is 62.1 Å². The van der Waals surface area contributed by atoms with Gasteiger partial charge in [0.25, 0.3) is 5.91 Å². The Morgan fingerprint density at radius 2 is 1.71 bits per heavy atom. The highest BCUT2D eigenvalue weighted by molar-refractivity contribution is 6.33. The molecule has 0 aliphatic carbocycles. The molecule has 0 atom stereocenters. The Kier molecular flexibility index (Phi) is 7.86. The number of carbonyl (C=O) groups excluding carboxylic acids is 1. The number of benzene rings is 3. The van der Waals surface area contributed by atoms with Crippen molar-refractivity contribution >= 4 is 28.5 Å². The Bertz CT molecular complexity index is 1260. The largest absolute Gasteiger partial charge is 0.493 e. The predicted octanol–water partition coefficient (Wildman–Crippen LogP) is 6.14. The molecule has 0 saturated carbocycles. The molecular formula is C28H30ClN3O2. The summed E-state index contributed by atoms with van der Waals surface area (Å²) in [6.07, 6.45) is 2.57. The van der Waals surface area contributed by atoms with E-state index in [1.807, 2.05) is 30.3 Å². The van der Waals surface area contributed by atoms with Crippen molar-refractivity contribution in [1.29, 1.82) is 0 Å². The second kappa shape index (κ2) is 11.2. The molecule has 0 saturated heterocycles. The summed E-state index contributed by atoms with van der Waals surface area (Å²) in [5.41, 5.74) is 4.91. The average molecular weight is 476 g/mol. The summed E-state index contributed by atoms with van der Waals surface area (Å²) in [5, 5.41) is 3.42. The number of nitrogens with one attached hydrogen (secondary N) is 1. The third-order valence-corrected chi connectivity index (χ3v) is 6.25. The Morgan fingerprint density at radius 1 is 0.971 bits per heavy atom. The Labute approximate surface area is 205 Å². The summed E-state index contributed by atoms with van der Waals surface area (Å²) in [5.74, 6) is 1.79. The molecular weight excluding hydrogens is 446 g/mol. The van der Waals surface area contributed by atoms with Gasteiger partial charge in [-0.1, -0.05) is 54.1 Å². The summed E-state index contributed by atoms with van der Waals surface area (Å²) in [6, 6.07) is 21.5. The lowest BCUT2D eigenvalue weighted by Crippen LogP contribution is -2.26. The van der Waals surface area contributed by atoms with Gasteiger partial charge in [-0.2, -0.15) is 0 Å². The number of amides is 1. The van der Waals surface area contributed by atoms with Crippen LogP contribution in [0.15, 0.2) is 66.7 Å². The van der Waals surface area contributed by atoms with Gasteiger partial charge in [-0.25, -0.2) is 4.98 Å². The van der Waals surface area contributed by atoms with Crippen LogP contribution in [-0.2, 0) is 13.0 Å². The molecule has 6 heteroatoms. The van der Waals surface area contributed by atoms with E-state index < -0.39 is 0 Å². The smallest absolute Gasteiger partial charge is 0.252 e. The second-order valence-corrected chi connectivity index (χ2v) is 8.84. The van der Waals surface area contributed by atoms with Gasteiger partial charge in [0.2, 0.25) is 0 Å². The number of ether oxygens (including phenoxy) is 1. The van der Waals surface area contributed by atoms with Gasteiger partial charge >= 0.3 is 0 Å². The molecule has 0 unspecified atom stereocenters. The average Bonchev–Trinajstić information content (AvgIpc) is 3.18. The van der Waals surface area contributed by atoms with Crippen LogP contribution in [0.5, 0.6) is 5.75 Å². The number of aryl methyl sites for hydroxylation is 3. The van der Waals surface area contributed by atoms with Gasteiger partial charge in [0.1, 0.15) is 11.6 Å². The van der Waals surface area contributed by atoms with E-state index in [1.165, 1.54) is 11.1 Å². The number of imidazole rings is 1. The van der Waals surface area contributed by atoms with Crippen LogP contribution in [0.2, 0.25) is 5.02 Å². The summed E-state index contributed by atoms with van der Waals surface area (Å²) in [7, 11) is 0. The van der Waals surface area contributed by atoms with E-state index in [0.29, 0.717) is 30.2 Å². The fourth-order valence-electron chi connectivity index (χ4n) is 4.17. The molecule has 1 amide bonds. The maximum atomic E-state index is 12.5. The van der Waals surface area contributed by atoms with Gasteiger partial charge < -0.3 is 14.6 Å². The molecule has 0 aliphatic heterocycles. The first-order chi connectivity index (χ1) is 16.5. The summed E-state index contributed by atoms with van der Waals surface area (Å²) in [4.78, 5) is 17.3. The molecule has 4 aromatic rings. The second-order valence-electron chi connectivity index (χ2n) is 8.43. The zero-order valence-electron chi connectivity index (χ0n) is 19.7. The van der Waals surface area contributed by atoms with Crippen LogP contribution >= 0.6 is 11.6 Å². The van der Waals surface area contributed by atoms with Crippen molar-refractivity contribution in [1.82, 2.24) is 14.9 Å². The minimum atomic E-state index is -0.170. The summed E-state index contributed by atoms with van der Waals surface area (Å²) in [6.45, 7) is 6.18. The lowest BCUT2D eigenvalue weighted by atomic mass is 10.1. The van der Waals surface area contributed by atoms with Crippen LogP contribution < -0.4 is 10.1 Å². The van der Waals surface area contributed by atoms with Crippen molar-refractivity contribution in [2.45, 2.75) is 39.7 Å². The third kappa shape index (κ3) is 5.60. The first kappa shape index (κ1) is 23.8. The van der Waals surface area contributed by atoms with Crippen LogP contribution in [0.4, 0.5) is 0 Å². The standard InChI is InChI=1S/C28H30ClN3O2/c1-20-10-9-11-21(2)27(20)34-19-8-7-18-32-25-15-6-5-14-24(25)31-26(32)16-17-30-28(33)22-12-3-4-13-23(22)29/h3-6,9-15H,7-8,16-19H2,1-2H3,(H,30,33). The predicted molar refractivity (Wildman–Crippen MR) is 138 cm³/mol. The van der Waals surface area contributed by atoms with E-state index >= 15 is 0 Å². The number of unbranched alkanes of at least 4 members (excludes halogenated alkanes) is 1. The number of fused-ring (bicyclic) bond motifs is 1. The van der Waals surface area contributed by atoms with Crippen LogP contribution in [0.3, 0.4) is 0 Å². The molecule has 5 nitrogen and oxygen atoms in total. The Morgan fingerprint density at radius 3 is 2.50 bits per heavy atom. The lowest BCUT2D eigenvalue weighted by molar-refractivity contribution is 0.0954. The molecule has 1 aromatic heterocycles. The Hall–Kier alpha value is -3.31. The van der Waals surface area contributed by atoms with E-state index in [4.69, 9.17) is 21.3 Å². The van der Waals surface area contributed by atoms with E-state index in [-0.39, 0.29) is 5.91 Å². The number of rotatable bonds is 10. The number of aromatic nitrogens is 2. The van der Waals surface area contributed by atoms with Crippen LogP contribution in [0.25, 0.3) is 11.0 Å². The van der Waals surface area contributed by atoms with Gasteiger partial charge in [0.05, 0.1) is 28.2 Å². The first-order valence-electron chi connectivity index (χ1n) is 11.7. The zero-order valence-corrected chi connectivity index (χ0v) is 20.4. The molecule has 0 aliphatic rings. The van der Waals surface area contributed by atoms with Gasteiger partial charge in [0.15, 0.2) is 0 Å². The van der Waals surface area contributed by atoms with Crippen LogP contribution in [-0.4, -0.2) is 28.6 Å². The fraction of sp³-hybridized carbons (Fsp3) is 0.286. The van der Waals surface area contributed by atoms with Crippen LogP contribution in [0.1, 0.15) is 40.2 Å². The Balaban J connectivity index is 1.35. The fourth-order valence-corrected chi connectivity index (χ4v) is 4.39. The van der Waals surface area contributed by atoms with Gasteiger partial charge in [0, 0.05) is 19.5 Å². The first-order valence-corrected chi connectivity index (χ1v) is 12.1.